The highest BCUT2D eigenvalue weighted by Crippen LogP contribution is 2.29. The zero-order chi connectivity index (χ0) is 12.2. The van der Waals surface area contributed by atoms with Crippen molar-refractivity contribution in [3.05, 3.63) is 21.9 Å². The summed E-state index contributed by atoms with van der Waals surface area (Å²) >= 11 is 1.63. The lowest BCUT2D eigenvalue weighted by atomic mass is 10.1. The molecule has 1 aromatic rings. The van der Waals surface area contributed by atoms with Crippen LogP contribution < -0.4 is 5.32 Å². The SMILES string of the molecule is CNC(CCCC(F)(F)F)c1ccc(C)s1. The zero-order valence-electron chi connectivity index (χ0n) is 9.40. The highest BCUT2D eigenvalue weighted by atomic mass is 32.1. The molecule has 0 aliphatic heterocycles. The van der Waals surface area contributed by atoms with E-state index in [-0.39, 0.29) is 12.5 Å². The van der Waals surface area contributed by atoms with Gasteiger partial charge in [-0.2, -0.15) is 13.2 Å². The normalized spacial score (nSPS) is 14.1. The molecule has 1 nitrogen and oxygen atoms in total. The fraction of sp³-hybridized carbons (Fsp3) is 0.636. The van der Waals surface area contributed by atoms with Gasteiger partial charge in [0.15, 0.2) is 0 Å². The molecule has 0 spiro atoms. The van der Waals surface area contributed by atoms with Gasteiger partial charge in [0.2, 0.25) is 0 Å². The number of rotatable bonds is 5. The fourth-order valence-electron chi connectivity index (χ4n) is 1.58. The molecule has 92 valence electrons. The molecule has 1 unspecified atom stereocenters. The van der Waals surface area contributed by atoms with Crippen molar-refractivity contribution in [3.63, 3.8) is 0 Å². The maximum atomic E-state index is 12.0. The van der Waals surface area contributed by atoms with E-state index in [0.29, 0.717) is 6.42 Å². The lowest BCUT2D eigenvalue weighted by Gasteiger charge is -2.14. The molecule has 0 aromatic carbocycles. The molecule has 0 saturated carbocycles. The largest absolute Gasteiger partial charge is 0.389 e. The third kappa shape index (κ3) is 4.53. The molecule has 0 aliphatic carbocycles. The fourth-order valence-corrected chi connectivity index (χ4v) is 2.60. The number of thiophene rings is 1. The summed E-state index contributed by atoms with van der Waals surface area (Å²) in [5.74, 6) is 0. The predicted molar refractivity (Wildman–Crippen MR) is 60.8 cm³/mol. The molecule has 0 bridgehead atoms. The van der Waals surface area contributed by atoms with Crippen molar-refractivity contribution in [2.45, 2.75) is 38.4 Å². The van der Waals surface area contributed by atoms with Crippen molar-refractivity contribution in [1.82, 2.24) is 5.32 Å². The molecule has 1 heterocycles. The van der Waals surface area contributed by atoms with Crippen LogP contribution in [0.15, 0.2) is 12.1 Å². The van der Waals surface area contributed by atoms with Crippen LogP contribution in [0.2, 0.25) is 0 Å². The topological polar surface area (TPSA) is 12.0 Å². The standard InChI is InChI=1S/C11H16F3NS/c1-8-5-6-10(16-8)9(15-2)4-3-7-11(12,13)14/h5-6,9,15H,3-4,7H2,1-2H3. The van der Waals surface area contributed by atoms with E-state index in [9.17, 15) is 13.2 Å². The van der Waals surface area contributed by atoms with Gasteiger partial charge in [-0.25, -0.2) is 0 Å². The van der Waals surface area contributed by atoms with E-state index in [1.165, 1.54) is 4.88 Å². The lowest BCUT2D eigenvalue weighted by Crippen LogP contribution is -2.16. The van der Waals surface area contributed by atoms with Gasteiger partial charge in [0.1, 0.15) is 0 Å². The molecule has 16 heavy (non-hydrogen) atoms. The minimum atomic E-state index is -4.04. The monoisotopic (exact) mass is 251 g/mol. The number of hydrogen-bond donors (Lipinski definition) is 1. The summed E-state index contributed by atoms with van der Waals surface area (Å²) in [6, 6.07) is 4.02. The Morgan fingerprint density at radius 3 is 2.50 bits per heavy atom. The average molecular weight is 251 g/mol. The Labute approximate surface area is 97.7 Å². The molecule has 1 rings (SSSR count). The number of alkyl halides is 3. The second-order valence-corrected chi connectivity index (χ2v) is 5.12. The molecule has 1 N–H and O–H groups in total. The summed E-state index contributed by atoms with van der Waals surface area (Å²) in [5.41, 5.74) is 0. The van der Waals surface area contributed by atoms with Gasteiger partial charge >= 0.3 is 6.18 Å². The van der Waals surface area contributed by atoms with E-state index in [4.69, 9.17) is 0 Å². The Kier molecular flexibility index (Phi) is 4.80. The van der Waals surface area contributed by atoms with Crippen molar-refractivity contribution in [1.29, 1.82) is 0 Å². The summed E-state index contributed by atoms with van der Waals surface area (Å²) in [5, 5.41) is 3.06. The Morgan fingerprint density at radius 1 is 1.38 bits per heavy atom. The van der Waals surface area contributed by atoms with Gasteiger partial charge in [0.25, 0.3) is 0 Å². The van der Waals surface area contributed by atoms with Crippen molar-refractivity contribution in [2.75, 3.05) is 7.05 Å². The van der Waals surface area contributed by atoms with Crippen molar-refractivity contribution < 1.29 is 13.2 Å². The summed E-state index contributed by atoms with van der Waals surface area (Å²) < 4.78 is 36.0. The second-order valence-electron chi connectivity index (χ2n) is 3.80. The summed E-state index contributed by atoms with van der Waals surface area (Å²) in [4.78, 5) is 2.30. The molecule has 1 aromatic heterocycles. The van der Waals surface area contributed by atoms with Crippen LogP contribution in [-0.2, 0) is 0 Å². The predicted octanol–water partition coefficient (Wildman–Crippen LogP) is 4.05. The van der Waals surface area contributed by atoms with Crippen LogP contribution in [-0.4, -0.2) is 13.2 Å². The molecular weight excluding hydrogens is 235 g/mol. The van der Waals surface area contributed by atoms with Crippen LogP contribution in [0.1, 0.15) is 35.1 Å². The van der Waals surface area contributed by atoms with E-state index >= 15 is 0 Å². The molecule has 0 radical (unpaired) electrons. The number of aryl methyl sites for hydroxylation is 1. The first-order chi connectivity index (χ1) is 7.42. The van der Waals surface area contributed by atoms with E-state index in [2.05, 4.69) is 5.32 Å². The third-order valence-electron chi connectivity index (χ3n) is 2.41. The van der Waals surface area contributed by atoms with Gasteiger partial charge in [-0.3, -0.25) is 0 Å². The van der Waals surface area contributed by atoms with Crippen LogP contribution in [0.3, 0.4) is 0 Å². The molecule has 0 amide bonds. The molecule has 0 saturated heterocycles. The summed E-state index contributed by atoms with van der Waals surface area (Å²) in [6.07, 6.45) is -4.04. The van der Waals surface area contributed by atoms with Crippen molar-refractivity contribution in [3.8, 4) is 0 Å². The van der Waals surface area contributed by atoms with Crippen molar-refractivity contribution >= 4 is 11.3 Å². The summed E-state index contributed by atoms with van der Waals surface area (Å²) in [6.45, 7) is 2.00. The Hall–Kier alpha value is -0.550. The maximum Gasteiger partial charge on any atom is 0.389 e. The third-order valence-corrected chi connectivity index (χ3v) is 3.52. The van der Waals surface area contributed by atoms with Crippen LogP contribution in [0.4, 0.5) is 13.2 Å². The Morgan fingerprint density at radius 2 is 2.06 bits per heavy atom. The number of hydrogen-bond acceptors (Lipinski definition) is 2. The minimum Gasteiger partial charge on any atom is -0.312 e. The highest BCUT2D eigenvalue weighted by Gasteiger charge is 2.26. The van der Waals surface area contributed by atoms with Gasteiger partial charge in [-0.1, -0.05) is 0 Å². The van der Waals surface area contributed by atoms with Gasteiger partial charge in [0.05, 0.1) is 0 Å². The quantitative estimate of drug-likeness (QED) is 0.832. The van der Waals surface area contributed by atoms with Crippen LogP contribution in [0.25, 0.3) is 0 Å². The molecule has 5 heteroatoms. The van der Waals surface area contributed by atoms with E-state index in [1.807, 2.05) is 19.1 Å². The molecule has 0 fully saturated rings. The van der Waals surface area contributed by atoms with Crippen LogP contribution in [0, 0.1) is 6.92 Å². The first-order valence-electron chi connectivity index (χ1n) is 5.23. The van der Waals surface area contributed by atoms with Crippen LogP contribution >= 0.6 is 11.3 Å². The zero-order valence-corrected chi connectivity index (χ0v) is 10.2. The first kappa shape index (κ1) is 13.5. The first-order valence-corrected chi connectivity index (χ1v) is 6.04. The van der Waals surface area contributed by atoms with E-state index in [1.54, 1.807) is 18.4 Å². The minimum absolute atomic E-state index is 0.0426. The van der Waals surface area contributed by atoms with Gasteiger partial charge < -0.3 is 5.32 Å². The smallest absolute Gasteiger partial charge is 0.312 e. The number of halogens is 3. The van der Waals surface area contributed by atoms with Crippen LogP contribution in [0.5, 0.6) is 0 Å². The molecular formula is C11H16F3NS. The maximum absolute atomic E-state index is 12.0. The van der Waals surface area contributed by atoms with E-state index in [0.717, 1.165) is 4.88 Å². The Balaban J connectivity index is 2.44. The lowest BCUT2D eigenvalue weighted by molar-refractivity contribution is -0.135. The van der Waals surface area contributed by atoms with Gasteiger partial charge in [-0.05, 0) is 38.9 Å². The number of nitrogens with one attached hydrogen (secondary N) is 1. The van der Waals surface area contributed by atoms with Crippen molar-refractivity contribution in [2.24, 2.45) is 0 Å². The summed E-state index contributed by atoms with van der Waals surface area (Å²) in [7, 11) is 1.79. The Bertz CT molecular complexity index is 319. The second kappa shape index (κ2) is 5.68. The van der Waals surface area contributed by atoms with E-state index < -0.39 is 12.6 Å². The highest BCUT2D eigenvalue weighted by molar-refractivity contribution is 7.12. The average Bonchev–Trinajstić information content (AvgIpc) is 2.58. The van der Waals surface area contributed by atoms with Gasteiger partial charge in [-0.15, -0.1) is 11.3 Å². The van der Waals surface area contributed by atoms with Gasteiger partial charge in [0, 0.05) is 22.2 Å². The molecule has 0 aliphatic rings. The molecule has 1 atom stereocenters.